The molecule has 0 saturated heterocycles. The van der Waals surface area contributed by atoms with Crippen LogP contribution in [0, 0.1) is 0 Å². The van der Waals surface area contributed by atoms with Gasteiger partial charge < -0.3 is 10.4 Å². The first-order valence-corrected chi connectivity index (χ1v) is 8.71. The van der Waals surface area contributed by atoms with Crippen molar-refractivity contribution in [3.8, 4) is 0 Å². The average molecular weight is 322 g/mol. The second-order valence-corrected chi connectivity index (χ2v) is 6.38. The van der Waals surface area contributed by atoms with Crippen LogP contribution in [-0.4, -0.2) is 42.3 Å². The quantitative estimate of drug-likeness (QED) is 0.770. The molecule has 0 radical (unpaired) electrons. The van der Waals surface area contributed by atoms with E-state index in [0.717, 1.165) is 32.6 Å². The van der Waals surface area contributed by atoms with Crippen molar-refractivity contribution in [2.45, 2.75) is 19.1 Å². The van der Waals surface area contributed by atoms with Crippen LogP contribution in [0.5, 0.6) is 0 Å². The Hall–Kier alpha value is -1.94. The molecular formula is C21H26N2O. The van der Waals surface area contributed by atoms with Gasteiger partial charge in [0.15, 0.2) is 0 Å². The highest BCUT2D eigenvalue weighted by molar-refractivity contribution is 5.48. The van der Waals surface area contributed by atoms with Gasteiger partial charge in [0.1, 0.15) is 0 Å². The Morgan fingerprint density at radius 2 is 1.79 bits per heavy atom. The highest BCUT2D eigenvalue weighted by atomic mass is 16.3. The molecule has 1 unspecified atom stereocenters. The molecule has 0 aliphatic carbocycles. The van der Waals surface area contributed by atoms with Crippen LogP contribution in [-0.2, 0) is 13.0 Å². The molecule has 0 fully saturated rings. The van der Waals surface area contributed by atoms with Crippen molar-refractivity contribution in [1.29, 1.82) is 0 Å². The van der Waals surface area contributed by atoms with E-state index in [1.165, 1.54) is 16.7 Å². The molecule has 1 aliphatic rings. The van der Waals surface area contributed by atoms with Gasteiger partial charge in [-0.3, -0.25) is 4.90 Å². The zero-order valence-electron chi connectivity index (χ0n) is 14.1. The molecule has 2 N–H and O–H groups in total. The second-order valence-electron chi connectivity index (χ2n) is 6.38. The van der Waals surface area contributed by atoms with Crippen LogP contribution in [0.4, 0.5) is 0 Å². The van der Waals surface area contributed by atoms with Gasteiger partial charge in [0, 0.05) is 32.7 Å². The third-order valence-corrected chi connectivity index (χ3v) is 4.43. The standard InChI is InChI=1S/C21H26N2O/c24-21(15-22-13-6-9-18-7-2-1-3-8-18)17-23-14-12-19-10-4-5-11-20(19)16-23/h1-11,21-22,24H,12-17H2. The van der Waals surface area contributed by atoms with Crippen LogP contribution in [0.1, 0.15) is 16.7 Å². The van der Waals surface area contributed by atoms with Gasteiger partial charge in [0.2, 0.25) is 0 Å². The van der Waals surface area contributed by atoms with Crippen LogP contribution < -0.4 is 5.32 Å². The lowest BCUT2D eigenvalue weighted by Crippen LogP contribution is -2.40. The topological polar surface area (TPSA) is 35.5 Å². The first-order valence-electron chi connectivity index (χ1n) is 8.71. The molecule has 24 heavy (non-hydrogen) atoms. The molecule has 0 amide bonds. The molecule has 1 heterocycles. The van der Waals surface area contributed by atoms with Gasteiger partial charge >= 0.3 is 0 Å². The Balaban J connectivity index is 1.36. The smallest absolute Gasteiger partial charge is 0.0791 e. The van der Waals surface area contributed by atoms with E-state index in [-0.39, 0.29) is 6.10 Å². The van der Waals surface area contributed by atoms with E-state index in [4.69, 9.17) is 0 Å². The average Bonchev–Trinajstić information content (AvgIpc) is 2.62. The SMILES string of the molecule is OC(CNCC=Cc1ccccc1)CN1CCc2ccccc2C1. The zero-order chi connectivity index (χ0) is 16.6. The minimum Gasteiger partial charge on any atom is -0.390 e. The predicted molar refractivity (Wildman–Crippen MR) is 99.8 cm³/mol. The molecule has 0 saturated carbocycles. The van der Waals surface area contributed by atoms with Crippen LogP contribution in [0.15, 0.2) is 60.7 Å². The summed E-state index contributed by atoms with van der Waals surface area (Å²) in [4.78, 5) is 2.34. The number of benzene rings is 2. The summed E-state index contributed by atoms with van der Waals surface area (Å²) < 4.78 is 0. The van der Waals surface area contributed by atoms with E-state index < -0.39 is 0 Å². The van der Waals surface area contributed by atoms with Gasteiger partial charge in [-0.1, -0.05) is 66.7 Å². The summed E-state index contributed by atoms with van der Waals surface area (Å²) in [6.07, 6.45) is 4.94. The minimum atomic E-state index is -0.333. The van der Waals surface area contributed by atoms with Crippen molar-refractivity contribution >= 4 is 6.08 Å². The summed E-state index contributed by atoms with van der Waals surface area (Å²) >= 11 is 0. The summed E-state index contributed by atoms with van der Waals surface area (Å²) in [6, 6.07) is 18.9. The molecule has 3 heteroatoms. The number of aliphatic hydroxyl groups excluding tert-OH is 1. The normalized spacial score (nSPS) is 16.2. The van der Waals surface area contributed by atoms with Crippen LogP contribution in [0.25, 0.3) is 6.08 Å². The minimum absolute atomic E-state index is 0.333. The van der Waals surface area contributed by atoms with Gasteiger partial charge in [-0.15, -0.1) is 0 Å². The van der Waals surface area contributed by atoms with Crippen molar-refractivity contribution in [2.24, 2.45) is 0 Å². The monoisotopic (exact) mass is 322 g/mol. The van der Waals surface area contributed by atoms with E-state index in [1.54, 1.807) is 0 Å². The largest absolute Gasteiger partial charge is 0.390 e. The maximum atomic E-state index is 10.2. The van der Waals surface area contributed by atoms with Crippen molar-refractivity contribution < 1.29 is 5.11 Å². The fraction of sp³-hybridized carbons (Fsp3) is 0.333. The van der Waals surface area contributed by atoms with E-state index in [9.17, 15) is 5.11 Å². The maximum Gasteiger partial charge on any atom is 0.0791 e. The summed E-state index contributed by atoms with van der Waals surface area (Å²) in [5, 5.41) is 13.5. The number of β-amino-alcohol motifs (C(OH)–C–C–N with tert-alkyl or cyclic N) is 1. The van der Waals surface area contributed by atoms with Crippen molar-refractivity contribution in [3.63, 3.8) is 0 Å². The molecule has 0 bridgehead atoms. The molecule has 2 aromatic rings. The van der Waals surface area contributed by atoms with Crippen LogP contribution in [0.3, 0.4) is 0 Å². The lowest BCUT2D eigenvalue weighted by atomic mass is 10.00. The maximum absolute atomic E-state index is 10.2. The molecule has 0 spiro atoms. The highest BCUT2D eigenvalue weighted by Gasteiger charge is 2.17. The molecule has 2 aromatic carbocycles. The molecule has 126 valence electrons. The summed E-state index contributed by atoms with van der Waals surface area (Å²) in [6.45, 7) is 4.10. The lowest BCUT2D eigenvalue weighted by Gasteiger charge is -2.30. The highest BCUT2D eigenvalue weighted by Crippen LogP contribution is 2.18. The fourth-order valence-electron chi connectivity index (χ4n) is 3.17. The molecule has 0 aromatic heterocycles. The molecule has 3 nitrogen and oxygen atoms in total. The number of fused-ring (bicyclic) bond motifs is 1. The zero-order valence-corrected chi connectivity index (χ0v) is 14.1. The van der Waals surface area contributed by atoms with Gasteiger partial charge in [0.25, 0.3) is 0 Å². The number of hydrogen-bond donors (Lipinski definition) is 2. The third kappa shape index (κ3) is 5.03. The van der Waals surface area contributed by atoms with Gasteiger partial charge in [-0.05, 0) is 23.1 Å². The molecule has 3 rings (SSSR count). The van der Waals surface area contributed by atoms with E-state index in [1.807, 2.05) is 18.2 Å². The third-order valence-electron chi connectivity index (χ3n) is 4.43. The van der Waals surface area contributed by atoms with Gasteiger partial charge in [-0.25, -0.2) is 0 Å². The summed E-state index contributed by atoms with van der Waals surface area (Å²) in [7, 11) is 0. The lowest BCUT2D eigenvalue weighted by molar-refractivity contribution is 0.105. The summed E-state index contributed by atoms with van der Waals surface area (Å²) in [5.41, 5.74) is 4.05. The number of rotatable bonds is 7. The van der Waals surface area contributed by atoms with Crippen molar-refractivity contribution in [3.05, 3.63) is 77.4 Å². The van der Waals surface area contributed by atoms with Gasteiger partial charge in [-0.2, -0.15) is 0 Å². The Kier molecular flexibility index (Phi) is 6.19. The Morgan fingerprint density at radius 1 is 1.04 bits per heavy atom. The number of nitrogens with one attached hydrogen (secondary N) is 1. The van der Waals surface area contributed by atoms with E-state index in [2.05, 4.69) is 58.8 Å². The number of hydrogen-bond acceptors (Lipinski definition) is 3. The van der Waals surface area contributed by atoms with Crippen LogP contribution in [0.2, 0.25) is 0 Å². The first-order chi connectivity index (χ1) is 11.8. The Morgan fingerprint density at radius 3 is 2.62 bits per heavy atom. The Bertz CT molecular complexity index is 654. The molecular weight excluding hydrogens is 296 g/mol. The number of aliphatic hydroxyl groups is 1. The Labute approximate surface area is 144 Å². The summed E-state index contributed by atoms with van der Waals surface area (Å²) in [5.74, 6) is 0. The van der Waals surface area contributed by atoms with Crippen molar-refractivity contribution in [2.75, 3.05) is 26.2 Å². The second kappa shape index (κ2) is 8.78. The van der Waals surface area contributed by atoms with Crippen molar-refractivity contribution in [1.82, 2.24) is 10.2 Å². The number of nitrogens with zero attached hydrogens (tertiary/aromatic N) is 1. The van der Waals surface area contributed by atoms with Gasteiger partial charge in [0.05, 0.1) is 6.10 Å². The van der Waals surface area contributed by atoms with E-state index in [0.29, 0.717) is 6.54 Å². The molecule has 1 aliphatic heterocycles. The predicted octanol–water partition coefficient (Wildman–Crippen LogP) is 2.71. The fourth-order valence-corrected chi connectivity index (χ4v) is 3.17. The van der Waals surface area contributed by atoms with E-state index >= 15 is 0 Å². The molecule has 1 atom stereocenters. The first kappa shape index (κ1) is 16.9. The van der Waals surface area contributed by atoms with Crippen LogP contribution >= 0.6 is 0 Å².